The van der Waals surface area contributed by atoms with E-state index in [-0.39, 0.29) is 12.6 Å². The van der Waals surface area contributed by atoms with Crippen LogP contribution in [0.25, 0.3) is 0 Å². The molecule has 5 nitrogen and oxygen atoms in total. The first-order valence-electron chi connectivity index (χ1n) is 5.62. The molecule has 0 aromatic carbocycles. The number of aliphatic hydroxyl groups is 1. The van der Waals surface area contributed by atoms with Gasteiger partial charge in [-0.05, 0) is 18.9 Å². The highest BCUT2D eigenvalue weighted by Gasteiger charge is 2.30. The summed E-state index contributed by atoms with van der Waals surface area (Å²) in [5, 5.41) is 9.33. The standard InChI is InChI=1S/C11H18N4O/c1-8-2-3-15(10(8)7-16)6-9-4-14-11(12)5-13-9/h4-5,8,10,16H,2-3,6-7H2,1H3,(H2,12,14). The summed E-state index contributed by atoms with van der Waals surface area (Å²) in [6, 6.07) is 0.249. The van der Waals surface area contributed by atoms with E-state index in [2.05, 4.69) is 21.8 Å². The largest absolute Gasteiger partial charge is 0.395 e. The third kappa shape index (κ3) is 2.31. The van der Waals surface area contributed by atoms with Crippen molar-refractivity contribution in [2.75, 3.05) is 18.9 Å². The van der Waals surface area contributed by atoms with Crippen molar-refractivity contribution in [1.82, 2.24) is 14.9 Å². The van der Waals surface area contributed by atoms with Gasteiger partial charge in [-0.1, -0.05) is 6.92 Å². The van der Waals surface area contributed by atoms with E-state index >= 15 is 0 Å². The Morgan fingerprint density at radius 2 is 2.31 bits per heavy atom. The van der Waals surface area contributed by atoms with E-state index < -0.39 is 0 Å². The van der Waals surface area contributed by atoms with Crippen LogP contribution in [0, 0.1) is 5.92 Å². The van der Waals surface area contributed by atoms with Crippen molar-refractivity contribution in [1.29, 1.82) is 0 Å². The van der Waals surface area contributed by atoms with E-state index in [1.807, 2.05) is 0 Å². The highest BCUT2D eigenvalue weighted by atomic mass is 16.3. The minimum absolute atomic E-state index is 0.212. The van der Waals surface area contributed by atoms with Gasteiger partial charge in [-0.25, -0.2) is 4.98 Å². The monoisotopic (exact) mass is 222 g/mol. The Morgan fingerprint density at radius 3 is 2.94 bits per heavy atom. The average Bonchev–Trinajstić information content (AvgIpc) is 2.63. The number of aromatic nitrogens is 2. The number of nitrogens with two attached hydrogens (primary N) is 1. The summed E-state index contributed by atoms with van der Waals surface area (Å²) in [6.45, 7) is 4.14. The first kappa shape index (κ1) is 11.3. The molecule has 1 saturated heterocycles. The lowest BCUT2D eigenvalue weighted by molar-refractivity contribution is 0.133. The molecule has 1 aliphatic heterocycles. The van der Waals surface area contributed by atoms with Crippen LogP contribution in [0.4, 0.5) is 5.82 Å². The van der Waals surface area contributed by atoms with Crippen LogP contribution in [0.2, 0.25) is 0 Å². The lowest BCUT2D eigenvalue weighted by atomic mass is 10.0. The van der Waals surface area contributed by atoms with Crippen LogP contribution >= 0.6 is 0 Å². The second kappa shape index (κ2) is 4.76. The summed E-state index contributed by atoms with van der Waals surface area (Å²) in [7, 11) is 0. The molecule has 1 aromatic heterocycles. The van der Waals surface area contributed by atoms with E-state index in [9.17, 15) is 5.11 Å². The number of nitrogens with zero attached hydrogens (tertiary/aromatic N) is 3. The zero-order valence-corrected chi connectivity index (χ0v) is 9.50. The summed E-state index contributed by atoms with van der Waals surface area (Å²) in [5.41, 5.74) is 6.39. The minimum Gasteiger partial charge on any atom is -0.395 e. The molecule has 16 heavy (non-hydrogen) atoms. The third-order valence-electron chi connectivity index (χ3n) is 3.27. The Balaban J connectivity index is 2.01. The van der Waals surface area contributed by atoms with Crippen LogP contribution in [0.3, 0.4) is 0 Å². The van der Waals surface area contributed by atoms with Gasteiger partial charge in [0.2, 0.25) is 0 Å². The molecule has 2 heterocycles. The molecular formula is C11H18N4O. The molecule has 2 unspecified atom stereocenters. The number of aliphatic hydroxyl groups excluding tert-OH is 1. The van der Waals surface area contributed by atoms with E-state index in [1.165, 1.54) is 0 Å². The predicted molar refractivity (Wildman–Crippen MR) is 61.5 cm³/mol. The summed E-state index contributed by atoms with van der Waals surface area (Å²) < 4.78 is 0. The second-order valence-electron chi connectivity index (χ2n) is 4.42. The number of hydrogen-bond acceptors (Lipinski definition) is 5. The molecule has 2 atom stereocenters. The fraction of sp³-hybridized carbons (Fsp3) is 0.636. The van der Waals surface area contributed by atoms with E-state index in [0.29, 0.717) is 11.7 Å². The van der Waals surface area contributed by atoms with Gasteiger partial charge < -0.3 is 10.8 Å². The summed E-state index contributed by atoms with van der Waals surface area (Å²) in [6.07, 6.45) is 4.41. The summed E-state index contributed by atoms with van der Waals surface area (Å²) in [5.74, 6) is 0.990. The predicted octanol–water partition coefficient (Wildman–Crippen LogP) is 0.261. The Bertz CT molecular complexity index is 340. The molecule has 0 bridgehead atoms. The molecule has 0 amide bonds. The van der Waals surface area contributed by atoms with Crippen LogP contribution in [-0.4, -0.2) is 39.2 Å². The molecule has 0 aliphatic carbocycles. The maximum atomic E-state index is 9.33. The molecule has 88 valence electrons. The van der Waals surface area contributed by atoms with Gasteiger partial charge in [0.1, 0.15) is 5.82 Å². The Hall–Kier alpha value is -1.20. The molecule has 1 aliphatic rings. The number of rotatable bonds is 3. The topological polar surface area (TPSA) is 75.3 Å². The average molecular weight is 222 g/mol. The Kier molecular flexibility index (Phi) is 3.36. The molecular weight excluding hydrogens is 204 g/mol. The van der Waals surface area contributed by atoms with Crippen LogP contribution in [0.15, 0.2) is 12.4 Å². The molecule has 3 N–H and O–H groups in total. The van der Waals surface area contributed by atoms with Crippen molar-refractivity contribution in [2.45, 2.75) is 25.9 Å². The zero-order valence-electron chi connectivity index (χ0n) is 9.50. The lowest BCUT2D eigenvalue weighted by Crippen LogP contribution is -2.34. The van der Waals surface area contributed by atoms with Crippen molar-refractivity contribution in [3.05, 3.63) is 18.1 Å². The van der Waals surface area contributed by atoms with Crippen LogP contribution in [-0.2, 0) is 6.54 Å². The highest BCUT2D eigenvalue weighted by Crippen LogP contribution is 2.24. The second-order valence-corrected chi connectivity index (χ2v) is 4.42. The quantitative estimate of drug-likeness (QED) is 0.767. The summed E-state index contributed by atoms with van der Waals surface area (Å²) in [4.78, 5) is 10.5. The first-order valence-corrected chi connectivity index (χ1v) is 5.62. The van der Waals surface area contributed by atoms with Gasteiger partial charge in [-0.2, -0.15) is 0 Å². The van der Waals surface area contributed by atoms with Crippen molar-refractivity contribution >= 4 is 5.82 Å². The van der Waals surface area contributed by atoms with Crippen molar-refractivity contribution in [3.63, 3.8) is 0 Å². The fourth-order valence-corrected chi connectivity index (χ4v) is 2.23. The molecule has 1 fully saturated rings. The van der Waals surface area contributed by atoms with Gasteiger partial charge in [0.25, 0.3) is 0 Å². The first-order chi connectivity index (χ1) is 7.70. The van der Waals surface area contributed by atoms with E-state index in [4.69, 9.17) is 5.73 Å². The van der Waals surface area contributed by atoms with Gasteiger partial charge in [0.15, 0.2) is 0 Å². The number of likely N-dealkylation sites (tertiary alicyclic amines) is 1. The molecule has 0 radical (unpaired) electrons. The molecule has 5 heteroatoms. The van der Waals surface area contributed by atoms with Gasteiger partial charge in [-0.15, -0.1) is 0 Å². The third-order valence-corrected chi connectivity index (χ3v) is 3.27. The SMILES string of the molecule is CC1CCN(Cc2cnc(N)cn2)C1CO. The Morgan fingerprint density at radius 1 is 1.50 bits per heavy atom. The maximum absolute atomic E-state index is 9.33. The Labute approximate surface area is 95.3 Å². The molecule has 0 saturated carbocycles. The summed E-state index contributed by atoms with van der Waals surface area (Å²) >= 11 is 0. The zero-order chi connectivity index (χ0) is 11.5. The smallest absolute Gasteiger partial charge is 0.141 e. The van der Waals surface area contributed by atoms with Crippen LogP contribution in [0.5, 0.6) is 0 Å². The molecule has 1 aromatic rings. The molecule has 0 spiro atoms. The lowest BCUT2D eigenvalue weighted by Gasteiger charge is -2.24. The van der Waals surface area contributed by atoms with Gasteiger partial charge in [0.05, 0.1) is 24.7 Å². The maximum Gasteiger partial charge on any atom is 0.141 e. The van der Waals surface area contributed by atoms with Crippen LogP contribution in [0.1, 0.15) is 19.0 Å². The molecule has 2 rings (SSSR count). The van der Waals surface area contributed by atoms with Crippen molar-refractivity contribution < 1.29 is 5.11 Å². The van der Waals surface area contributed by atoms with Gasteiger partial charge >= 0.3 is 0 Å². The van der Waals surface area contributed by atoms with Gasteiger partial charge in [0, 0.05) is 12.6 Å². The van der Waals surface area contributed by atoms with E-state index in [1.54, 1.807) is 12.4 Å². The number of nitrogen functional groups attached to an aromatic ring is 1. The van der Waals surface area contributed by atoms with E-state index in [0.717, 1.165) is 25.2 Å². The van der Waals surface area contributed by atoms with Crippen molar-refractivity contribution in [2.24, 2.45) is 5.92 Å². The van der Waals surface area contributed by atoms with Gasteiger partial charge in [-0.3, -0.25) is 9.88 Å². The highest BCUT2D eigenvalue weighted by molar-refractivity contribution is 5.22. The number of hydrogen-bond donors (Lipinski definition) is 2. The van der Waals surface area contributed by atoms with Crippen LogP contribution < -0.4 is 5.73 Å². The fourth-order valence-electron chi connectivity index (χ4n) is 2.23. The normalized spacial score (nSPS) is 26.1. The number of anilines is 1. The minimum atomic E-state index is 0.212. The van der Waals surface area contributed by atoms with Crippen molar-refractivity contribution in [3.8, 4) is 0 Å².